The summed E-state index contributed by atoms with van der Waals surface area (Å²) >= 11 is 7.26. The fourth-order valence-electron chi connectivity index (χ4n) is 7.17. The number of pyridine rings is 1. The van der Waals surface area contributed by atoms with Crippen molar-refractivity contribution in [2.75, 3.05) is 53.3 Å². The number of benzene rings is 3. The van der Waals surface area contributed by atoms with Gasteiger partial charge in [-0.1, -0.05) is 17.7 Å². The summed E-state index contributed by atoms with van der Waals surface area (Å²) in [5.41, 5.74) is 2.45. The molecule has 0 aliphatic carbocycles. The van der Waals surface area contributed by atoms with Crippen molar-refractivity contribution in [2.24, 2.45) is 5.41 Å². The number of amides is 3. The predicted octanol–water partition coefficient (Wildman–Crippen LogP) is 8.21. The first-order chi connectivity index (χ1) is 25.6. The Labute approximate surface area is 311 Å². The lowest BCUT2D eigenvalue weighted by Gasteiger charge is -2.53. The van der Waals surface area contributed by atoms with Crippen LogP contribution in [-0.4, -0.2) is 55.6 Å². The maximum atomic E-state index is 14.7. The van der Waals surface area contributed by atoms with Gasteiger partial charge in [-0.2, -0.15) is 0 Å². The highest BCUT2D eigenvalue weighted by molar-refractivity contribution is 7.17. The van der Waals surface area contributed by atoms with E-state index in [1.807, 2.05) is 4.90 Å². The number of fused-ring (bicyclic) bond motifs is 3. The van der Waals surface area contributed by atoms with Crippen molar-refractivity contribution in [3.05, 3.63) is 123 Å². The molecule has 2 fully saturated rings. The SMILES string of the molecule is O=C(Nc1c(F)cccc1Cl)c1cc2c(s1)-c1ccc(F)cc1N(C(=O)c1ccc(NC(=O)c3cc(F)cnc3N3CC4(CCOCC4)C3)cc1)CC2. The molecule has 1 spiro atoms. The van der Waals surface area contributed by atoms with E-state index in [0.717, 1.165) is 35.9 Å². The predicted molar refractivity (Wildman–Crippen MR) is 198 cm³/mol. The van der Waals surface area contributed by atoms with E-state index in [1.165, 1.54) is 41.3 Å². The van der Waals surface area contributed by atoms with Crippen molar-refractivity contribution in [1.29, 1.82) is 0 Å². The highest BCUT2D eigenvalue weighted by Crippen LogP contribution is 2.44. The van der Waals surface area contributed by atoms with Crippen LogP contribution in [0.4, 0.5) is 36.1 Å². The van der Waals surface area contributed by atoms with Crippen LogP contribution >= 0.6 is 22.9 Å². The minimum Gasteiger partial charge on any atom is -0.381 e. The molecule has 14 heteroatoms. The number of hydrogen-bond donors (Lipinski definition) is 2. The van der Waals surface area contributed by atoms with Gasteiger partial charge in [0.2, 0.25) is 0 Å². The molecule has 270 valence electrons. The number of aromatic nitrogens is 1. The molecule has 53 heavy (non-hydrogen) atoms. The molecule has 2 aromatic heterocycles. The van der Waals surface area contributed by atoms with Crippen molar-refractivity contribution in [2.45, 2.75) is 19.3 Å². The minimum atomic E-state index is -0.668. The van der Waals surface area contributed by atoms with Crippen LogP contribution in [0, 0.1) is 22.9 Å². The molecule has 5 heterocycles. The number of carbonyl (C=O) groups is 3. The number of para-hydroxylation sites is 1. The number of halogens is 4. The monoisotopic (exact) mass is 757 g/mol. The number of rotatable bonds is 6. The van der Waals surface area contributed by atoms with Gasteiger partial charge >= 0.3 is 0 Å². The summed E-state index contributed by atoms with van der Waals surface area (Å²) in [5, 5.41) is 5.40. The van der Waals surface area contributed by atoms with Gasteiger partial charge in [0.15, 0.2) is 0 Å². The van der Waals surface area contributed by atoms with Gasteiger partial charge in [-0.3, -0.25) is 14.4 Å². The molecule has 3 aliphatic rings. The molecule has 8 rings (SSSR count). The third kappa shape index (κ3) is 6.76. The Bertz CT molecular complexity index is 2250. The molecule has 0 atom stereocenters. The van der Waals surface area contributed by atoms with Crippen molar-refractivity contribution in [3.63, 3.8) is 0 Å². The molecule has 2 saturated heterocycles. The molecule has 3 aromatic carbocycles. The third-order valence-corrected chi connectivity index (χ3v) is 11.5. The van der Waals surface area contributed by atoms with Crippen LogP contribution in [0.1, 0.15) is 48.8 Å². The summed E-state index contributed by atoms with van der Waals surface area (Å²) in [6, 6.07) is 17.4. The first-order valence-corrected chi connectivity index (χ1v) is 18.2. The highest BCUT2D eigenvalue weighted by Gasteiger charge is 2.45. The molecular formula is C39H31ClF3N5O4S. The quantitative estimate of drug-likeness (QED) is 0.181. The van der Waals surface area contributed by atoms with Gasteiger partial charge in [0.05, 0.1) is 33.0 Å². The number of ether oxygens (including phenoxy) is 1. The zero-order chi connectivity index (χ0) is 36.9. The maximum absolute atomic E-state index is 14.7. The Morgan fingerprint density at radius 3 is 2.42 bits per heavy atom. The highest BCUT2D eigenvalue weighted by atomic mass is 35.5. The molecule has 3 aliphatic heterocycles. The second-order valence-electron chi connectivity index (χ2n) is 13.4. The van der Waals surface area contributed by atoms with Crippen LogP contribution in [0.15, 0.2) is 79.0 Å². The van der Waals surface area contributed by atoms with Gasteiger partial charge in [-0.05, 0) is 91.6 Å². The van der Waals surface area contributed by atoms with E-state index in [2.05, 4.69) is 15.6 Å². The molecule has 9 nitrogen and oxygen atoms in total. The van der Waals surface area contributed by atoms with Crippen molar-refractivity contribution in [1.82, 2.24) is 4.98 Å². The van der Waals surface area contributed by atoms with Gasteiger partial charge in [0.1, 0.15) is 23.3 Å². The summed E-state index contributed by atoms with van der Waals surface area (Å²) in [4.78, 5) is 49.3. The molecular weight excluding hydrogens is 727 g/mol. The summed E-state index contributed by atoms with van der Waals surface area (Å²) in [5.74, 6) is -2.90. The summed E-state index contributed by atoms with van der Waals surface area (Å²) in [6.45, 7) is 3.00. The molecule has 0 saturated carbocycles. The van der Waals surface area contributed by atoms with E-state index >= 15 is 0 Å². The Kier molecular flexibility index (Phi) is 9.17. The zero-order valence-electron chi connectivity index (χ0n) is 28.1. The summed E-state index contributed by atoms with van der Waals surface area (Å²) in [6.07, 6.45) is 3.32. The Morgan fingerprint density at radius 2 is 1.66 bits per heavy atom. The van der Waals surface area contributed by atoms with Crippen molar-refractivity contribution >= 4 is 63.5 Å². The second kappa shape index (κ2) is 14.0. The Hall–Kier alpha value is -5.24. The van der Waals surface area contributed by atoms with Crippen LogP contribution in [-0.2, 0) is 11.2 Å². The van der Waals surface area contributed by atoms with E-state index in [-0.39, 0.29) is 28.2 Å². The van der Waals surface area contributed by atoms with Crippen LogP contribution in [0.5, 0.6) is 0 Å². The number of carbonyl (C=O) groups excluding carboxylic acids is 3. The summed E-state index contributed by atoms with van der Waals surface area (Å²) in [7, 11) is 0. The van der Waals surface area contributed by atoms with Crippen LogP contribution in [0.3, 0.4) is 0 Å². The fourth-order valence-corrected chi connectivity index (χ4v) is 8.52. The minimum absolute atomic E-state index is 0.0609. The van der Waals surface area contributed by atoms with Crippen LogP contribution in [0.2, 0.25) is 5.02 Å². The standard InChI is InChI=1S/C39H31ClF3N5O4S/c40-29-2-1-3-30(43)33(29)46-37(50)32-16-23-10-13-48(31-18-24(41)6-9-27(31)34(23)53-32)38(51)22-4-7-26(8-5-22)45-36(49)28-17-25(42)19-44-35(28)47-20-39(21-47)11-14-52-15-12-39/h1-9,16-19H,10-15,20-21H2,(H,45,49)(H,46,50). The number of thiophene rings is 1. The number of nitrogens with zero attached hydrogens (tertiary/aromatic N) is 3. The first kappa shape index (κ1) is 34.8. The Balaban J connectivity index is 0.991. The smallest absolute Gasteiger partial charge is 0.265 e. The van der Waals surface area contributed by atoms with Gasteiger partial charge in [0.25, 0.3) is 17.7 Å². The van der Waals surface area contributed by atoms with Crippen molar-refractivity contribution < 1.29 is 32.3 Å². The lowest BCUT2D eigenvalue weighted by atomic mass is 9.73. The lowest BCUT2D eigenvalue weighted by Crippen LogP contribution is -2.59. The van der Waals surface area contributed by atoms with E-state index in [9.17, 15) is 27.6 Å². The largest absolute Gasteiger partial charge is 0.381 e. The van der Waals surface area contributed by atoms with E-state index in [0.29, 0.717) is 70.8 Å². The third-order valence-electron chi connectivity index (χ3n) is 9.95. The van der Waals surface area contributed by atoms with Gasteiger partial charge in [-0.25, -0.2) is 18.2 Å². The lowest BCUT2D eigenvalue weighted by molar-refractivity contribution is -0.000516. The van der Waals surface area contributed by atoms with E-state index < -0.39 is 35.2 Å². The average Bonchev–Trinajstić information content (AvgIpc) is 3.51. The van der Waals surface area contributed by atoms with Crippen LogP contribution in [0.25, 0.3) is 10.4 Å². The zero-order valence-corrected chi connectivity index (χ0v) is 29.6. The van der Waals surface area contributed by atoms with Crippen molar-refractivity contribution in [3.8, 4) is 10.4 Å². The average molecular weight is 758 g/mol. The molecule has 5 aromatic rings. The molecule has 0 bridgehead atoms. The maximum Gasteiger partial charge on any atom is 0.265 e. The topological polar surface area (TPSA) is 104 Å². The van der Waals surface area contributed by atoms with Gasteiger partial charge in [0, 0.05) is 60.0 Å². The summed E-state index contributed by atoms with van der Waals surface area (Å²) < 4.78 is 48.9. The van der Waals surface area contributed by atoms with Crippen LogP contribution < -0.4 is 20.4 Å². The molecule has 0 unspecified atom stereocenters. The van der Waals surface area contributed by atoms with Gasteiger partial charge < -0.3 is 25.2 Å². The number of hydrogen-bond acceptors (Lipinski definition) is 7. The van der Waals surface area contributed by atoms with E-state index in [1.54, 1.807) is 36.4 Å². The Morgan fingerprint density at radius 1 is 0.887 bits per heavy atom. The number of nitrogens with one attached hydrogen (secondary N) is 2. The second-order valence-corrected chi connectivity index (χ2v) is 14.9. The first-order valence-electron chi connectivity index (χ1n) is 17.0. The molecule has 3 amide bonds. The molecule has 2 N–H and O–H groups in total. The van der Waals surface area contributed by atoms with Gasteiger partial charge in [-0.15, -0.1) is 11.3 Å². The normalized spacial score (nSPS) is 15.9. The van der Waals surface area contributed by atoms with E-state index in [4.69, 9.17) is 16.3 Å². The molecule has 0 radical (unpaired) electrons. The number of anilines is 4. The fraction of sp³-hybridized carbons (Fsp3) is 0.231.